The lowest BCUT2D eigenvalue weighted by Crippen LogP contribution is -2.27. The molecule has 19 heavy (non-hydrogen) atoms. The number of anilines is 1. The Morgan fingerprint density at radius 2 is 2.26 bits per heavy atom. The molecule has 1 aromatic rings. The maximum absolute atomic E-state index is 11.9. The average Bonchev–Trinajstić information content (AvgIpc) is 2.28. The van der Waals surface area contributed by atoms with Gasteiger partial charge in [0, 0.05) is 17.5 Å². The van der Waals surface area contributed by atoms with Gasteiger partial charge in [-0.1, -0.05) is 24.9 Å². The Morgan fingerprint density at radius 3 is 2.84 bits per heavy atom. The highest BCUT2D eigenvalue weighted by molar-refractivity contribution is 9.10. The summed E-state index contributed by atoms with van der Waals surface area (Å²) in [6.07, 6.45) is 2.06. The lowest BCUT2D eigenvalue weighted by atomic mass is 10.1. The molecule has 0 bridgehead atoms. The average molecular weight is 350 g/mol. The van der Waals surface area contributed by atoms with Crippen LogP contribution in [0.4, 0.5) is 5.69 Å². The Kier molecular flexibility index (Phi) is 6.62. The summed E-state index contributed by atoms with van der Waals surface area (Å²) in [6.45, 7) is 2.04. The van der Waals surface area contributed by atoms with Gasteiger partial charge >= 0.3 is 0 Å². The maximum atomic E-state index is 11.9. The largest absolute Gasteiger partial charge is 0.493 e. The number of nitrogens with one attached hydrogen (secondary N) is 1. The van der Waals surface area contributed by atoms with E-state index in [4.69, 9.17) is 22.1 Å². The Labute approximate surface area is 126 Å². The van der Waals surface area contributed by atoms with Gasteiger partial charge in [0.25, 0.3) is 0 Å². The third-order valence-corrected chi connectivity index (χ3v) is 3.40. The van der Waals surface area contributed by atoms with E-state index in [1.807, 2.05) is 6.92 Å². The number of methoxy groups -OCH3 is 1. The number of carbonyl (C=O) groups excluding carboxylic acids is 1. The van der Waals surface area contributed by atoms with Gasteiger partial charge in [0.1, 0.15) is 0 Å². The zero-order chi connectivity index (χ0) is 14.4. The van der Waals surface area contributed by atoms with Crippen molar-refractivity contribution in [1.29, 1.82) is 0 Å². The zero-order valence-corrected chi connectivity index (χ0v) is 13.3. The molecule has 1 aromatic carbocycles. The fraction of sp³-hybridized carbons (Fsp3) is 0.462. The van der Waals surface area contributed by atoms with Gasteiger partial charge in [0.2, 0.25) is 5.91 Å². The van der Waals surface area contributed by atoms with Crippen LogP contribution in [-0.2, 0) is 4.79 Å². The Balaban J connectivity index is 2.78. The molecule has 0 aliphatic carbocycles. The summed E-state index contributed by atoms with van der Waals surface area (Å²) in [5, 5.41) is 3.29. The number of rotatable bonds is 6. The van der Waals surface area contributed by atoms with Crippen molar-refractivity contribution in [2.45, 2.75) is 32.2 Å². The first-order valence-corrected chi connectivity index (χ1v) is 7.23. The molecule has 3 N–H and O–H groups in total. The summed E-state index contributed by atoms with van der Waals surface area (Å²) >= 11 is 9.29. The van der Waals surface area contributed by atoms with Gasteiger partial charge < -0.3 is 15.8 Å². The minimum absolute atomic E-state index is 0.126. The molecule has 0 aliphatic rings. The van der Waals surface area contributed by atoms with Crippen LogP contribution < -0.4 is 15.8 Å². The van der Waals surface area contributed by atoms with Gasteiger partial charge in [-0.15, -0.1) is 0 Å². The van der Waals surface area contributed by atoms with Crippen LogP contribution in [0.15, 0.2) is 16.6 Å². The van der Waals surface area contributed by atoms with Crippen LogP contribution in [-0.4, -0.2) is 19.1 Å². The molecule has 1 amide bonds. The highest BCUT2D eigenvalue weighted by atomic mass is 79.9. The number of amides is 1. The van der Waals surface area contributed by atoms with Crippen molar-refractivity contribution in [1.82, 2.24) is 0 Å². The first-order chi connectivity index (χ1) is 8.97. The molecule has 0 saturated carbocycles. The molecule has 1 atom stereocenters. The van der Waals surface area contributed by atoms with Gasteiger partial charge in [-0.25, -0.2) is 0 Å². The van der Waals surface area contributed by atoms with Crippen molar-refractivity contribution in [2.24, 2.45) is 5.73 Å². The van der Waals surface area contributed by atoms with Crippen LogP contribution in [0.5, 0.6) is 5.75 Å². The van der Waals surface area contributed by atoms with E-state index >= 15 is 0 Å². The number of nitrogens with two attached hydrogens (primary N) is 1. The van der Waals surface area contributed by atoms with Crippen LogP contribution in [0, 0.1) is 0 Å². The van der Waals surface area contributed by atoms with Crippen molar-refractivity contribution in [3.63, 3.8) is 0 Å². The van der Waals surface area contributed by atoms with Gasteiger partial charge in [0.05, 0.1) is 17.3 Å². The van der Waals surface area contributed by atoms with Crippen LogP contribution in [0.3, 0.4) is 0 Å². The molecule has 6 heteroatoms. The molecule has 0 radical (unpaired) electrons. The first-order valence-electron chi connectivity index (χ1n) is 6.06. The Hall–Kier alpha value is -0.780. The fourth-order valence-electron chi connectivity index (χ4n) is 1.77. The van der Waals surface area contributed by atoms with Gasteiger partial charge in [-0.2, -0.15) is 0 Å². The van der Waals surface area contributed by atoms with Gasteiger partial charge in [-0.05, 0) is 34.5 Å². The second-order valence-electron chi connectivity index (χ2n) is 4.27. The van der Waals surface area contributed by atoms with Crippen molar-refractivity contribution >= 4 is 39.1 Å². The topological polar surface area (TPSA) is 64.4 Å². The van der Waals surface area contributed by atoms with Crippen molar-refractivity contribution in [3.8, 4) is 5.75 Å². The summed E-state index contributed by atoms with van der Waals surface area (Å²) in [5.74, 6) is 0.398. The van der Waals surface area contributed by atoms with Crippen LogP contribution >= 0.6 is 27.5 Å². The monoisotopic (exact) mass is 348 g/mol. The lowest BCUT2D eigenvalue weighted by Gasteiger charge is -2.14. The number of hydrogen-bond acceptors (Lipinski definition) is 3. The highest BCUT2D eigenvalue weighted by Gasteiger charge is 2.14. The maximum Gasteiger partial charge on any atom is 0.226 e. The van der Waals surface area contributed by atoms with Crippen molar-refractivity contribution < 1.29 is 9.53 Å². The number of ether oxygens (including phenoxy) is 1. The fourth-order valence-corrected chi connectivity index (χ4v) is 2.74. The number of halogens is 2. The predicted molar refractivity (Wildman–Crippen MR) is 81.8 cm³/mol. The molecule has 4 nitrogen and oxygen atoms in total. The summed E-state index contributed by atoms with van der Waals surface area (Å²) in [4.78, 5) is 11.9. The number of benzene rings is 1. The normalized spacial score (nSPS) is 12.1. The summed E-state index contributed by atoms with van der Waals surface area (Å²) in [5.41, 5.74) is 6.38. The molecule has 0 aliphatic heterocycles. The zero-order valence-electron chi connectivity index (χ0n) is 11.0. The molecule has 0 fully saturated rings. The smallest absolute Gasteiger partial charge is 0.226 e. The molecule has 0 heterocycles. The van der Waals surface area contributed by atoms with E-state index in [-0.39, 0.29) is 18.4 Å². The van der Waals surface area contributed by atoms with E-state index in [1.54, 1.807) is 12.1 Å². The standard InChI is InChI=1S/C13H18BrClN2O2/c1-3-4-9(16)7-12(18)17-11-6-8(15)5-10(14)13(11)19-2/h5-6,9H,3-4,7,16H2,1-2H3,(H,17,18). The van der Waals surface area contributed by atoms with Crippen LogP contribution in [0.25, 0.3) is 0 Å². The molecule has 106 valence electrons. The second-order valence-corrected chi connectivity index (χ2v) is 5.56. The molecule has 0 aromatic heterocycles. The number of hydrogen-bond donors (Lipinski definition) is 2. The highest BCUT2D eigenvalue weighted by Crippen LogP contribution is 2.36. The third kappa shape index (κ3) is 5.01. The van der Waals surface area contributed by atoms with E-state index in [0.29, 0.717) is 20.9 Å². The third-order valence-electron chi connectivity index (χ3n) is 2.59. The van der Waals surface area contributed by atoms with Crippen molar-refractivity contribution in [2.75, 3.05) is 12.4 Å². The summed E-state index contributed by atoms with van der Waals surface area (Å²) in [7, 11) is 1.53. The van der Waals surface area contributed by atoms with Gasteiger partial charge in [-0.3, -0.25) is 4.79 Å². The van der Waals surface area contributed by atoms with Gasteiger partial charge in [0.15, 0.2) is 5.75 Å². The van der Waals surface area contributed by atoms with E-state index in [2.05, 4.69) is 21.2 Å². The summed E-state index contributed by atoms with van der Waals surface area (Å²) in [6, 6.07) is 3.23. The van der Waals surface area contributed by atoms with E-state index in [1.165, 1.54) is 7.11 Å². The van der Waals surface area contributed by atoms with E-state index in [9.17, 15) is 4.79 Å². The molecule has 0 saturated heterocycles. The molecular weight excluding hydrogens is 332 g/mol. The molecular formula is C13H18BrClN2O2. The minimum Gasteiger partial charge on any atom is -0.493 e. The van der Waals surface area contributed by atoms with E-state index < -0.39 is 0 Å². The Bertz CT molecular complexity index is 455. The minimum atomic E-state index is -0.145. The van der Waals surface area contributed by atoms with E-state index in [0.717, 1.165) is 12.8 Å². The second kappa shape index (κ2) is 7.72. The molecule has 1 unspecified atom stereocenters. The number of carbonyl (C=O) groups is 1. The van der Waals surface area contributed by atoms with Crippen LogP contribution in [0.2, 0.25) is 5.02 Å². The first kappa shape index (κ1) is 16.3. The van der Waals surface area contributed by atoms with Crippen molar-refractivity contribution in [3.05, 3.63) is 21.6 Å². The SMILES string of the molecule is CCCC(N)CC(=O)Nc1cc(Cl)cc(Br)c1OC. The molecule has 1 rings (SSSR count). The predicted octanol–water partition coefficient (Wildman–Crippen LogP) is 3.57. The quantitative estimate of drug-likeness (QED) is 0.825. The van der Waals surface area contributed by atoms with Crippen LogP contribution in [0.1, 0.15) is 26.2 Å². The summed E-state index contributed by atoms with van der Waals surface area (Å²) < 4.78 is 5.92. The lowest BCUT2D eigenvalue weighted by molar-refractivity contribution is -0.116. The Morgan fingerprint density at radius 1 is 1.58 bits per heavy atom. The molecule has 0 spiro atoms.